The lowest BCUT2D eigenvalue weighted by Gasteiger charge is -2.23. The second-order valence-electron chi connectivity index (χ2n) is 5.23. The molecule has 0 spiro atoms. The Labute approximate surface area is 125 Å². The van der Waals surface area contributed by atoms with Crippen molar-refractivity contribution in [3.8, 4) is 0 Å². The largest absolute Gasteiger partial charge is 0.477 e. The summed E-state index contributed by atoms with van der Waals surface area (Å²) in [5, 5.41) is 9.55. The van der Waals surface area contributed by atoms with Gasteiger partial charge in [-0.2, -0.15) is 0 Å². The number of hydrogen-bond acceptors (Lipinski definition) is 5. The second-order valence-corrected chi connectivity index (χ2v) is 6.23. The van der Waals surface area contributed by atoms with Crippen molar-refractivity contribution in [1.29, 1.82) is 0 Å². The molecule has 2 aromatic heterocycles. The number of aromatic carboxylic acids is 1. The van der Waals surface area contributed by atoms with Crippen molar-refractivity contribution in [2.45, 2.75) is 38.8 Å². The maximum atomic E-state index is 12.5. The van der Waals surface area contributed by atoms with E-state index in [1.165, 1.54) is 10.9 Å². The Bertz CT molecular complexity index is 743. The molecule has 1 atom stereocenters. The van der Waals surface area contributed by atoms with Crippen molar-refractivity contribution >= 4 is 27.5 Å². The fourth-order valence-corrected chi connectivity index (χ4v) is 3.64. The van der Waals surface area contributed by atoms with Gasteiger partial charge in [-0.1, -0.05) is 0 Å². The van der Waals surface area contributed by atoms with E-state index >= 15 is 0 Å². The first-order chi connectivity index (χ1) is 10.1. The molecule has 0 bridgehead atoms. The smallest absolute Gasteiger partial charge is 0.346 e. The van der Waals surface area contributed by atoms with Gasteiger partial charge < -0.3 is 9.84 Å². The average Bonchev–Trinajstić information content (AvgIpc) is 2.81. The minimum atomic E-state index is -1.02. The van der Waals surface area contributed by atoms with Crippen LogP contribution in [0.15, 0.2) is 11.1 Å². The molecule has 1 aliphatic heterocycles. The average molecular weight is 308 g/mol. The fraction of sp³-hybridized carbons (Fsp3) is 0.500. The molecule has 0 aliphatic carbocycles. The van der Waals surface area contributed by atoms with Crippen LogP contribution in [0.4, 0.5) is 0 Å². The number of carboxylic acids is 1. The van der Waals surface area contributed by atoms with Crippen molar-refractivity contribution in [3.05, 3.63) is 27.1 Å². The van der Waals surface area contributed by atoms with E-state index in [-0.39, 0.29) is 16.5 Å². The predicted molar refractivity (Wildman–Crippen MR) is 79.2 cm³/mol. The van der Waals surface area contributed by atoms with Crippen LogP contribution in [-0.4, -0.2) is 33.3 Å². The number of nitrogens with zero attached hydrogens (tertiary/aromatic N) is 2. The molecule has 21 heavy (non-hydrogen) atoms. The molecule has 112 valence electrons. The standard InChI is InChI=1S/C14H16N2O4S/c1-8-10-12(21-11(8)14(18)19)15-7-16(13(10)17)6-9-4-2-3-5-20-9/h7,9H,2-6H2,1H3,(H,18,19). The van der Waals surface area contributed by atoms with Gasteiger partial charge in [0.2, 0.25) is 0 Å². The molecular formula is C14H16N2O4S. The zero-order chi connectivity index (χ0) is 15.0. The molecule has 0 aromatic carbocycles. The first-order valence-corrected chi connectivity index (χ1v) is 7.73. The number of rotatable bonds is 3. The summed E-state index contributed by atoms with van der Waals surface area (Å²) in [5.41, 5.74) is 0.314. The number of thiophene rings is 1. The number of fused-ring (bicyclic) bond motifs is 1. The number of ether oxygens (including phenoxy) is 1. The van der Waals surface area contributed by atoms with Crippen molar-refractivity contribution in [3.63, 3.8) is 0 Å². The molecule has 1 saturated heterocycles. The first-order valence-electron chi connectivity index (χ1n) is 6.91. The van der Waals surface area contributed by atoms with Crippen LogP contribution in [0.2, 0.25) is 0 Å². The zero-order valence-corrected chi connectivity index (χ0v) is 12.5. The summed E-state index contributed by atoms with van der Waals surface area (Å²) >= 11 is 1.05. The number of aromatic nitrogens is 2. The van der Waals surface area contributed by atoms with Gasteiger partial charge in [0.05, 0.1) is 24.4 Å². The van der Waals surface area contributed by atoms with E-state index in [1.807, 2.05) is 0 Å². The molecule has 6 nitrogen and oxygen atoms in total. The highest BCUT2D eigenvalue weighted by Crippen LogP contribution is 2.26. The fourth-order valence-electron chi connectivity index (χ4n) is 2.66. The molecule has 1 unspecified atom stereocenters. The van der Waals surface area contributed by atoms with Gasteiger partial charge in [-0.3, -0.25) is 9.36 Å². The molecular weight excluding hydrogens is 292 g/mol. The number of carbonyl (C=O) groups is 1. The van der Waals surface area contributed by atoms with Crippen LogP contribution in [0.3, 0.4) is 0 Å². The van der Waals surface area contributed by atoms with Gasteiger partial charge in [-0.25, -0.2) is 9.78 Å². The van der Waals surface area contributed by atoms with Crippen LogP contribution in [-0.2, 0) is 11.3 Å². The third-order valence-corrected chi connectivity index (χ3v) is 4.97. The van der Waals surface area contributed by atoms with E-state index in [4.69, 9.17) is 9.84 Å². The lowest BCUT2D eigenvalue weighted by molar-refractivity contribution is 0.00535. The normalized spacial score (nSPS) is 19.0. The van der Waals surface area contributed by atoms with E-state index in [0.29, 0.717) is 22.3 Å². The molecule has 1 fully saturated rings. The summed E-state index contributed by atoms with van der Waals surface area (Å²) in [7, 11) is 0. The Morgan fingerprint density at radius 1 is 1.57 bits per heavy atom. The van der Waals surface area contributed by atoms with Gasteiger partial charge in [0.1, 0.15) is 9.71 Å². The van der Waals surface area contributed by atoms with Gasteiger partial charge in [-0.15, -0.1) is 11.3 Å². The van der Waals surface area contributed by atoms with Crippen molar-refractivity contribution in [1.82, 2.24) is 9.55 Å². The monoisotopic (exact) mass is 308 g/mol. The first kappa shape index (κ1) is 14.2. The Morgan fingerprint density at radius 3 is 3.05 bits per heavy atom. The molecule has 1 aliphatic rings. The quantitative estimate of drug-likeness (QED) is 0.938. The van der Waals surface area contributed by atoms with Crippen LogP contribution in [0.1, 0.15) is 34.5 Å². The molecule has 0 saturated carbocycles. The maximum Gasteiger partial charge on any atom is 0.346 e. The third kappa shape index (κ3) is 2.58. The molecule has 3 rings (SSSR count). The lowest BCUT2D eigenvalue weighted by atomic mass is 10.1. The Balaban J connectivity index is 2.01. The van der Waals surface area contributed by atoms with Crippen molar-refractivity contribution < 1.29 is 14.6 Å². The Hall–Kier alpha value is -1.73. The van der Waals surface area contributed by atoms with E-state index in [9.17, 15) is 9.59 Å². The van der Waals surface area contributed by atoms with Crippen molar-refractivity contribution in [2.24, 2.45) is 0 Å². The number of aryl methyl sites for hydroxylation is 1. The molecule has 0 amide bonds. The molecule has 0 radical (unpaired) electrons. The molecule has 3 heterocycles. The maximum absolute atomic E-state index is 12.5. The van der Waals surface area contributed by atoms with Gasteiger partial charge in [-0.05, 0) is 31.7 Å². The summed E-state index contributed by atoms with van der Waals surface area (Å²) < 4.78 is 7.18. The minimum absolute atomic E-state index is 0.0357. The van der Waals surface area contributed by atoms with Gasteiger partial charge >= 0.3 is 5.97 Å². The van der Waals surface area contributed by atoms with Crippen LogP contribution in [0.25, 0.3) is 10.2 Å². The highest BCUT2D eigenvalue weighted by molar-refractivity contribution is 7.20. The number of hydrogen-bond donors (Lipinski definition) is 1. The highest BCUT2D eigenvalue weighted by atomic mass is 32.1. The molecule has 7 heteroatoms. The summed E-state index contributed by atoms with van der Waals surface area (Å²) in [4.78, 5) is 28.6. The van der Waals surface area contributed by atoms with Gasteiger partial charge in [0.25, 0.3) is 5.56 Å². The summed E-state index contributed by atoms with van der Waals surface area (Å²) in [6, 6.07) is 0. The zero-order valence-electron chi connectivity index (χ0n) is 11.7. The predicted octanol–water partition coefficient (Wildman–Crippen LogP) is 2.03. The number of carboxylic acid groups (broad SMARTS) is 1. The second kappa shape index (κ2) is 5.57. The summed E-state index contributed by atoms with van der Waals surface area (Å²) in [6.07, 6.45) is 4.63. The summed E-state index contributed by atoms with van der Waals surface area (Å²) in [5.74, 6) is -1.02. The lowest BCUT2D eigenvalue weighted by Crippen LogP contribution is -2.30. The molecule has 2 aromatic rings. The van der Waals surface area contributed by atoms with Crippen LogP contribution < -0.4 is 5.56 Å². The van der Waals surface area contributed by atoms with Crippen LogP contribution in [0.5, 0.6) is 0 Å². The third-order valence-electron chi connectivity index (χ3n) is 3.79. The van der Waals surface area contributed by atoms with Crippen LogP contribution in [0, 0.1) is 6.92 Å². The highest BCUT2D eigenvalue weighted by Gasteiger charge is 2.20. The summed E-state index contributed by atoms with van der Waals surface area (Å²) in [6.45, 7) is 2.86. The van der Waals surface area contributed by atoms with E-state index in [0.717, 1.165) is 37.2 Å². The Kier molecular flexibility index (Phi) is 3.77. The van der Waals surface area contributed by atoms with Gasteiger partial charge in [0.15, 0.2) is 0 Å². The topological polar surface area (TPSA) is 81.4 Å². The van der Waals surface area contributed by atoms with E-state index in [2.05, 4.69) is 4.98 Å². The van der Waals surface area contributed by atoms with Gasteiger partial charge in [0, 0.05) is 6.61 Å². The van der Waals surface area contributed by atoms with E-state index in [1.54, 1.807) is 6.92 Å². The SMILES string of the molecule is Cc1c(C(=O)O)sc2ncn(CC3CCCCO3)c(=O)c12. The molecule has 1 N–H and O–H groups in total. The van der Waals surface area contributed by atoms with Crippen LogP contribution >= 0.6 is 11.3 Å². The van der Waals surface area contributed by atoms with Crippen molar-refractivity contribution in [2.75, 3.05) is 6.61 Å². The minimum Gasteiger partial charge on any atom is -0.477 e. The van der Waals surface area contributed by atoms with E-state index < -0.39 is 5.97 Å². The Morgan fingerprint density at radius 2 is 2.38 bits per heavy atom.